The zero-order chi connectivity index (χ0) is 16.5. The van der Waals surface area contributed by atoms with E-state index in [1.54, 1.807) is 11.8 Å². The first-order chi connectivity index (χ1) is 11.7. The molecule has 2 heterocycles. The maximum Gasteiger partial charge on any atom is 0.186 e. The van der Waals surface area contributed by atoms with Crippen molar-refractivity contribution >= 4 is 33.8 Å². The molecule has 24 heavy (non-hydrogen) atoms. The van der Waals surface area contributed by atoms with Crippen molar-refractivity contribution in [3.63, 3.8) is 0 Å². The maximum atomic E-state index is 6.04. The number of para-hydroxylation sites is 1. The third-order valence-corrected chi connectivity index (χ3v) is 5.08. The number of fused-ring (bicyclic) bond motifs is 3. The summed E-state index contributed by atoms with van der Waals surface area (Å²) >= 11 is 1.71. The van der Waals surface area contributed by atoms with Gasteiger partial charge in [0, 0.05) is 17.6 Å². The molecule has 0 bridgehead atoms. The average molecular weight is 334 g/mol. The molecule has 0 amide bonds. The third-order valence-electron chi connectivity index (χ3n) is 4.05. The van der Waals surface area contributed by atoms with Gasteiger partial charge in [-0.3, -0.25) is 0 Å². The van der Waals surface area contributed by atoms with Crippen molar-refractivity contribution in [2.24, 2.45) is 0 Å². The molecule has 4 aromatic rings. The van der Waals surface area contributed by atoms with Crippen LogP contribution in [0.1, 0.15) is 23.9 Å². The Morgan fingerprint density at radius 2 is 1.79 bits per heavy atom. The van der Waals surface area contributed by atoms with Gasteiger partial charge >= 0.3 is 0 Å². The number of benzene rings is 2. The van der Waals surface area contributed by atoms with E-state index in [4.69, 9.17) is 14.4 Å². The number of furan rings is 1. The highest BCUT2D eigenvalue weighted by Crippen LogP contribution is 2.34. The number of hydrogen-bond acceptors (Lipinski definition) is 4. The second-order valence-corrected chi connectivity index (χ2v) is 6.81. The fraction of sp³-hybridized carbons (Fsp3) is 0.200. The minimum Gasteiger partial charge on any atom is -0.451 e. The van der Waals surface area contributed by atoms with E-state index >= 15 is 0 Å². The Morgan fingerprint density at radius 3 is 2.58 bits per heavy atom. The van der Waals surface area contributed by atoms with Crippen molar-refractivity contribution in [1.29, 1.82) is 0 Å². The van der Waals surface area contributed by atoms with Gasteiger partial charge in [0.05, 0.1) is 0 Å². The zero-order valence-electron chi connectivity index (χ0n) is 13.7. The molecule has 0 atom stereocenters. The fourth-order valence-electron chi connectivity index (χ4n) is 2.70. The maximum absolute atomic E-state index is 6.04. The second-order valence-electron chi connectivity index (χ2n) is 5.85. The summed E-state index contributed by atoms with van der Waals surface area (Å²) in [5.74, 6) is 1.73. The molecule has 0 fully saturated rings. The number of hydrogen-bond donors (Lipinski definition) is 0. The first-order valence-corrected chi connectivity index (χ1v) is 9.09. The van der Waals surface area contributed by atoms with Crippen molar-refractivity contribution in [3.8, 4) is 0 Å². The van der Waals surface area contributed by atoms with Crippen molar-refractivity contribution in [2.75, 3.05) is 0 Å². The highest BCUT2D eigenvalue weighted by atomic mass is 32.2. The summed E-state index contributed by atoms with van der Waals surface area (Å²) in [6.45, 7) is 4.19. The number of aryl methyl sites for hydroxylation is 2. The van der Waals surface area contributed by atoms with Crippen LogP contribution in [-0.4, -0.2) is 9.97 Å². The van der Waals surface area contributed by atoms with Crippen molar-refractivity contribution < 1.29 is 4.42 Å². The van der Waals surface area contributed by atoms with Gasteiger partial charge in [-0.15, -0.1) is 0 Å². The van der Waals surface area contributed by atoms with Gasteiger partial charge in [0.15, 0.2) is 5.58 Å². The first-order valence-electron chi connectivity index (χ1n) is 8.11. The number of thioether (sulfide) groups is 1. The lowest BCUT2D eigenvalue weighted by Crippen LogP contribution is -1.95. The van der Waals surface area contributed by atoms with E-state index < -0.39 is 0 Å². The Kier molecular flexibility index (Phi) is 3.98. The Labute approximate surface area is 145 Å². The Balaban J connectivity index is 1.77. The van der Waals surface area contributed by atoms with Crippen LogP contribution in [0.4, 0.5) is 0 Å². The summed E-state index contributed by atoms with van der Waals surface area (Å²) in [5.41, 5.74) is 5.15. The third kappa shape index (κ3) is 2.78. The first kappa shape index (κ1) is 15.2. The van der Waals surface area contributed by atoms with Crippen LogP contribution in [-0.2, 0) is 12.2 Å². The summed E-state index contributed by atoms with van der Waals surface area (Å²) in [4.78, 5) is 9.40. The van der Waals surface area contributed by atoms with Gasteiger partial charge in [0.1, 0.15) is 22.0 Å². The Hall–Kier alpha value is -2.33. The van der Waals surface area contributed by atoms with Crippen molar-refractivity contribution in [2.45, 2.75) is 31.0 Å². The highest BCUT2D eigenvalue weighted by molar-refractivity contribution is 7.98. The lowest BCUT2D eigenvalue weighted by molar-refractivity contribution is 0.651. The van der Waals surface area contributed by atoms with Crippen LogP contribution in [0.5, 0.6) is 0 Å². The smallest absolute Gasteiger partial charge is 0.186 e. The summed E-state index contributed by atoms with van der Waals surface area (Å²) < 4.78 is 6.04. The molecule has 0 N–H and O–H groups in total. The molecule has 2 aromatic heterocycles. The van der Waals surface area contributed by atoms with Crippen LogP contribution in [0, 0.1) is 6.92 Å². The summed E-state index contributed by atoms with van der Waals surface area (Å²) in [7, 11) is 0. The lowest BCUT2D eigenvalue weighted by Gasteiger charge is -2.04. The molecule has 4 rings (SSSR count). The van der Waals surface area contributed by atoms with Gasteiger partial charge in [-0.25, -0.2) is 9.97 Å². The highest BCUT2D eigenvalue weighted by Gasteiger charge is 2.15. The molecular weight excluding hydrogens is 316 g/mol. The Bertz CT molecular complexity index is 1010. The molecule has 0 aliphatic carbocycles. The van der Waals surface area contributed by atoms with Crippen LogP contribution in [0.2, 0.25) is 0 Å². The number of nitrogens with zero attached hydrogens (tertiary/aromatic N) is 2. The SMILES string of the molecule is CCc1nc(SCc2ccc(C)cc2)c2oc3ccccc3c2n1. The summed E-state index contributed by atoms with van der Waals surface area (Å²) in [5, 5.41) is 1.98. The largest absolute Gasteiger partial charge is 0.451 e. The normalized spacial score (nSPS) is 11.4. The van der Waals surface area contributed by atoms with E-state index in [1.165, 1.54) is 11.1 Å². The molecule has 0 saturated heterocycles. The number of rotatable bonds is 4. The number of aromatic nitrogens is 2. The molecule has 2 aromatic carbocycles. The second kappa shape index (κ2) is 6.29. The quantitative estimate of drug-likeness (QED) is 0.363. The van der Waals surface area contributed by atoms with Crippen LogP contribution in [0.15, 0.2) is 58.0 Å². The van der Waals surface area contributed by atoms with Crippen molar-refractivity contribution in [1.82, 2.24) is 9.97 Å². The topological polar surface area (TPSA) is 38.9 Å². The minimum absolute atomic E-state index is 0.797. The van der Waals surface area contributed by atoms with Crippen LogP contribution in [0.3, 0.4) is 0 Å². The van der Waals surface area contributed by atoms with Gasteiger partial charge in [-0.1, -0.05) is 60.6 Å². The molecule has 0 saturated carbocycles. The minimum atomic E-state index is 0.797. The van der Waals surface area contributed by atoms with E-state index in [2.05, 4.69) is 44.2 Å². The van der Waals surface area contributed by atoms with Crippen LogP contribution in [0.25, 0.3) is 22.1 Å². The van der Waals surface area contributed by atoms with Crippen molar-refractivity contribution in [3.05, 3.63) is 65.5 Å². The molecule has 0 unspecified atom stereocenters. The summed E-state index contributed by atoms with van der Waals surface area (Å²) in [6.07, 6.45) is 0.813. The van der Waals surface area contributed by atoms with Gasteiger partial charge in [0.25, 0.3) is 0 Å². The monoisotopic (exact) mass is 334 g/mol. The van der Waals surface area contributed by atoms with Crippen LogP contribution < -0.4 is 0 Å². The fourth-order valence-corrected chi connectivity index (χ4v) is 3.64. The van der Waals surface area contributed by atoms with E-state index in [0.29, 0.717) is 0 Å². The predicted molar refractivity (Wildman–Crippen MR) is 99.4 cm³/mol. The molecule has 3 nitrogen and oxygen atoms in total. The van der Waals surface area contributed by atoms with E-state index in [-0.39, 0.29) is 0 Å². The van der Waals surface area contributed by atoms with Crippen LogP contribution >= 0.6 is 11.8 Å². The standard InChI is InChI=1S/C20H18N2OS/c1-3-17-21-18-15-6-4-5-7-16(15)23-19(18)20(22-17)24-12-14-10-8-13(2)9-11-14/h4-11H,3,12H2,1-2H3. The van der Waals surface area contributed by atoms with Gasteiger partial charge in [-0.05, 0) is 24.6 Å². The van der Waals surface area contributed by atoms with Gasteiger partial charge in [0.2, 0.25) is 0 Å². The molecule has 4 heteroatoms. The molecule has 0 aliphatic rings. The molecule has 0 spiro atoms. The van der Waals surface area contributed by atoms with E-state index in [0.717, 1.165) is 45.1 Å². The summed E-state index contributed by atoms with van der Waals surface area (Å²) in [6, 6.07) is 16.7. The van der Waals surface area contributed by atoms with Gasteiger partial charge < -0.3 is 4.42 Å². The predicted octanol–water partition coefficient (Wildman–Crippen LogP) is 5.54. The average Bonchev–Trinajstić information content (AvgIpc) is 2.99. The van der Waals surface area contributed by atoms with E-state index in [1.807, 2.05) is 18.2 Å². The molecule has 0 aliphatic heterocycles. The molecule has 0 radical (unpaired) electrons. The molecular formula is C20H18N2OS. The lowest BCUT2D eigenvalue weighted by atomic mass is 10.2. The Morgan fingerprint density at radius 1 is 1.00 bits per heavy atom. The molecule has 120 valence electrons. The zero-order valence-corrected chi connectivity index (χ0v) is 14.6. The van der Waals surface area contributed by atoms with Gasteiger partial charge in [-0.2, -0.15) is 0 Å². The van der Waals surface area contributed by atoms with E-state index in [9.17, 15) is 0 Å².